The van der Waals surface area contributed by atoms with Gasteiger partial charge in [-0.2, -0.15) is 0 Å². The number of likely N-dealkylation sites (N-methyl/N-ethyl adjacent to an activating group) is 2. The lowest BCUT2D eigenvalue weighted by atomic mass is 9.90. The van der Waals surface area contributed by atoms with E-state index in [1.54, 1.807) is 37.9 Å². The van der Waals surface area contributed by atoms with Crippen LogP contribution >= 0.6 is 0 Å². The van der Waals surface area contributed by atoms with E-state index < -0.39 is 30.1 Å². The summed E-state index contributed by atoms with van der Waals surface area (Å²) >= 11 is 0. The summed E-state index contributed by atoms with van der Waals surface area (Å²) in [6.07, 6.45) is 1.31. The molecule has 0 aromatic rings. The highest BCUT2D eigenvalue weighted by Gasteiger charge is 2.41. The Kier molecular flexibility index (Phi) is 14.2. The maximum atomic E-state index is 13.5. The highest BCUT2D eigenvalue weighted by molar-refractivity contribution is 5.87. The Balaban J connectivity index is 3.03. The largest absolute Gasteiger partial charge is 0.379 e. The Labute approximate surface area is 228 Å². The number of methoxy groups -OCH3 is 2. The van der Waals surface area contributed by atoms with Crippen LogP contribution in [-0.2, 0) is 28.7 Å². The van der Waals surface area contributed by atoms with Gasteiger partial charge in [-0.15, -0.1) is 0 Å². The summed E-state index contributed by atoms with van der Waals surface area (Å²) in [5.74, 6) is -1.51. The number of primary amides is 1. The summed E-state index contributed by atoms with van der Waals surface area (Å²) in [7, 11) is 6.48. The summed E-state index contributed by atoms with van der Waals surface area (Å²) in [6.45, 7) is 10.0. The van der Waals surface area contributed by atoms with Gasteiger partial charge in [0, 0.05) is 27.8 Å². The quantitative estimate of drug-likeness (QED) is 0.262. The SMILES string of the molecule is CC[C@H](C)C([C@@H](CC(=O)N1CCC[C@H]1[C@H](OC)[C@@H](C)C(N)=O)OC)N(C)C(=O)CNC(=O)[C@@H](NC)C(C)C. The molecule has 0 aliphatic carbocycles. The van der Waals surface area contributed by atoms with E-state index in [2.05, 4.69) is 10.6 Å². The molecular weight excluding hydrogens is 490 g/mol. The van der Waals surface area contributed by atoms with Crippen molar-refractivity contribution >= 4 is 23.6 Å². The smallest absolute Gasteiger partial charge is 0.242 e. The molecule has 1 fully saturated rings. The summed E-state index contributed by atoms with van der Waals surface area (Å²) in [4.78, 5) is 54.4. The molecule has 38 heavy (non-hydrogen) atoms. The van der Waals surface area contributed by atoms with Gasteiger partial charge in [0.05, 0.1) is 49.2 Å². The summed E-state index contributed by atoms with van der Waals surface area (Å²) in [5, 5.41) is 5.71. The first kappa shape index (κ1) is 33.8. The fourth-order valence-corrected chi connectivity index (χ4v) is 5.50. The van der Waals surface area contributed by atoms with Crippen LogP contribution in [0.2, 0.25) is 0 Å². The third kappa shape index (κ3) is 8.64. The van der Waals surface area contributed by atoms with E-state index in [0.717, 1.165) is 19.3 Å². The second-order valence-electron chi connectivity index (χ2n) is 10.8. The Hall–Kier alpha value is -2.24. The highest BCUT2D eigenvalue weighted by atomic mass is 16.5. The van der Waals surface area contributed by atoms with Crippen LogP contribution < -0.4 is 16.4 Å². The van der Waals surface area contributed by atoms with Gasteiger partial charge >= 0.3 is 0 Å². The van der Waals surface area contributed by atoms with E-state index in [9.17, 15) is 19.2 Å². The van der Waals surface area contributed by atoms with Gasteiger partial charge in [-0.3, -0.25) is 19.2 Å². The number of ether oxygens (including phenoxy) is 2. The lowest BCUT2D eigenvalue weighted by Crippen LogP contribution is -2.55. The van der Waals surface area contributed by atoms with Gasteiger partial charge in [-0.25, -0.2) is 0 Å². The second-order valence-corrected chi connectivity index (χ2v) is 10.8. The van der Waals surface area contributed by atoms with Gasteiger partial charge in [-0.1, -0.05) is 41.0 Å². The topological polar surface area (TPSA) is 143 Å². The maximum absolute atomic E-state index is 13.5. The lowest BCUT2D eigenvalue weighted by Gasteiger charge is -2.39. The molecule has 1 rings (SSSR count). The number of hydrogen-bond acceptors (Lipinski definition) is 7. The third-order valence-electron chi connectivity index (χ3n) is 8.01. The predicted molar refractivity (Wildman–Crippen MR) is 146 cm³/mol. The summed E-state index contributed by atoms with van der Waals surface area (Å²) < 4.78 is 11.4. The van der Waals surface area contributed by atoms with Crippen LogP contribution in [0.4, 0.5) is 0 Å². The Morgan fingerprint density at radius 1 is 1.11 bits per heavy atom. The molecule has 0 bridgehead atoms. The van der Waals surface area contributed by atoms with Crippen molar-refractivity contribution < 1.29 is 28.7 Å². The lowest BCUT2D eigenvalue weighted by molar-refractivity contribution is -0.145. The zero-order chi connectivity index (χ0) is 29.2. The molecule has 11 heteroatoms. The molecule has 7 atom stereocenters. The zero-order valence-corrected chi connectivity index (χ0v) is 24.8. The molecule has 0 saturated carbocycles. The Bertz CT molecular complexity index is 794. The summed E-state index contributed by atoms with van der Waals surface area (Å²) in [5.41, 5.74) is 5.53. The van der Waals surface area contributed by atoms with Crippen molar-refractivity contribution in [3.8, 4) is 0 Å². The zero-order valence-electron chi connectivity index (χ0n) is 24.8. The van der Waals surface area contributed by atoms with E-state index in [-0.39, 0.29) is 54.6 Å². The van der Waals surface area contributed by atoms with Crippen molar-refractivity contribution in [1.82, 2.24) is 20.4 Å². The Morgan fingerprint density at radius 2 is 1.74 bits per heavy atom. The van der Waals surface area contributed by atoms with Crippen molar-refractivity contribution in [2.45, 2.75) is 90.6 Å². The standard InChI is InChI=1S/C27H51N5O6/c1-10-17(4)24(31(7)22(34)15-30-27(36)23(29-6)16(2)3)20(37-8)14-21(33)32-13-11-12-19(32)25(38-9)18(5)26(28)35/h16-20,23-25,29H,10-15H2,1-9H3,(H2,28,35)(H,30,36)/t17-,18+,19-,20+,23-,24?,25+/m0/s1. The number of carbonyl (C=O) groups excluding carboxylic acids is 4. The molecule has 1 unspecified atom stereocenters. The molecule has 1 aliphatic rings. The molecule has 0 aromatic carbocycles. The molecule has 220 valence electrons. The molecule has 1 saturated heterocycles. The first-order valence-corrected chi connectivity index (χ1v) is 13.7. The number of hydrogen-bond donors (Lipinski definition) is 3. The van der Waals surface area contributed by atoms with E-state index in [4.69, 9.17) is 15.2 Å². The average Bonchev–Trinajstić information content (AvgIpc) is 3.36. The van der Waals surface area contributed by atoms with Gasteiger partial charge in [0.1, 0.15) is 0 Å². The minimum atomic E-state index is -0.557. The van der Waals surface area contributed by atoms with E-state index in [1.807, 2.05) is 27.7 Å². The maximum Gasteiger partial charge on any atom is 0.242 e. The van der Waals surface area contributed by atoms with Crippen LogP contribution in [0.3, 0.4) is 0 Å². The number of nitrogens with one attached hydrogen (secondary N) is 2. The average molecular weight is 542 g/mol. The van der Waals surface area contributed by atoms with Gasteiger partial charge in [0.2, 0.25) is 23.6 Å². The van der Waals surface area contributed by atoms with Gasteiger partial charge in [0.15, 0.2) is 0 Å². The molecular formula is C27H51N5O6. The molecule has 0 aromatic heterocycles. The van der Waals surface area contributed by atoms with E-state index in [1.165, 1.54) is 7.11 Å². The second kappa shape index (κ2) is 16.0. The van der Waals surface area contributed by atoms with Crippen molar-refractivity contribution in [3.05, 3.63) is 0 Å². The molecule has 0 radical (unpaired) electrons. The fraction of sp³-hybridized carbons (Fsp3) is 0.852. The molecule has 4 N–H and O–H groups in total. The van der Waals surface area contributed by atoms with Gasteiger partial charge < -0.3 is 35.6 Å². The minimum Gasteiger partial charge on any atom is -0.379 e. The molecule has 11 nitrogen and oxygen atoms in total. The van der Waals surface area contributed by atoms with Crippen LogP contribution in [0.1, 0.15) is 60.3 Å². The van der Waals surface area contributed by atoms with Gasteiger partial charge in [0.25, 0.3) is 0 Å². The fourth-order valence-electron chi connectivity index (χ4n) is 5.50. The van der Waals surface area contributed by atoms with Crippen LogP contribution in [0.25, 0.3) is 0 Å². The number of rotatable bonds is 16. The first-order valence-electron chi connectivity index (χ1n) is 13.7. The number of nitrogens with zero attached hydrogens (tertiary/aromatic N) is 2. The molecule has 0 spiro atoms. The molecule has 4 amide bonds. The van der Waals surface area contributed by atoms with Crippen LogP contribution in [0.5, 0.6) is 0 Å². The highest BCUT2D eigenvalue weighted by Crippen LogP contribution is 2.29. The monoisotopic (exact) mass is 541 g/mol. The first-order chi connectivity index (χ1) is 17.9. The Morgan fingerprint density at radius 3 is 2.21 bits per heavy atom. The molecule has 1 heterocycles. The third-order valence-corrected chi connectivity index (χ3v) is 8.01. The predicted octanol–water partition coefficient (Wildman–Crippen LogP) is 0.752. The molecule has 1 aliphatic heterocycles. The van der Waals surface area contributed by atoms with E-state index >= 15 is 0 Å². The van der Waals surface area contributed by atoms with Crippen molar-refractivity contribution in [3.63, 3.8) is 0 Å². The van der Waals surface area contributed by atoms with Crippen LogP contribution in [0.15, 0.2) is 0 Å². The van der Waals surface area contributed by atoms with Crippen molar-refractivity contribution in [2.75, 3.05) is 41.4 Å². The minimum absolute atomic E-state index is 0.0362. The van der Waals surface area contributed by atoms with Gasteiger partial charge in [-0.05, 0) is 31.7 Å². The van der Waals surface area contributed by atoms with Crippen LogP contribution in [0, 0.1) is 17.8 Å². The van der Waals surface area contributed by atoms with Crippen molar-refractivity contribution in [2.24, 2.45) is 23.5 Å². The number of amides is 4. The van der Waals surface area contributed by atoms with Crippen LogP contribution in [-0.4, -0.2) is 105 Å². The normalized spacial score (nSPS) is 20.4. The number of nitrogens with two attached hydrogens (primary N) is 1. The van der Waals surface area contributed by atoms with E-state index in [0.29, 0.717) is 6.54 Å². The number of likely N-dealkylation sites (tertiary alicyclic amines) is 1. The summed E-state index contributed by atoms with van der Waals surface area (Å²) in [6, 6.07) is -1.04. The van der Waals surface area contributed by atoms with Crippen molar-refractivity contribution in [1.29, 1.82) is 0 Å². The number of carbonyl (C=O) groups is 4.